The Hall–Kier alpha value is -1.90. The van der Waals surface area contributed by atoms with Crippen molar-refractivity contribution in [2.75, 3.05) is 13.1 Å². The van der Waals surface area contributed by atoms with E-state index in [9.17, 15) is 13.2 Å². The molecule has 1 fully saturated rings. The number of rotatable bonds is 5. The summed E-state index contributed by atoms with van der Waals surface area (Å²) in [6.07, 6.45) is 4.57. The van der Waals surface area contributed by atoms with Crippen molar-refractivity contribution < 1.29 is 13.2 Å². The molecule has 2 heterocycles. The Morgan fingerprint density at radius 1 is 1.27 bits per heavy atom. The molecule has 1 saturated heterocycles. The third-order valence-electron chi connectivity index (χ3n) is 4.50. The van der Waals surface area contributed by atoms with Gasteiger partial charge in [0, 0.05) is 49.4 Å². The molecule has 0 aliphatic carbocycles. The molecule has 3 rings (SSSR count). The first-order valence-electron chi connectivity index (χ1n) is 8.37. The van der Waals surface area contributed by atoms with Gasteiger partial charge in [0.15, 0.2) is 0 Å². The van der Waals surface area contributed by atoms with Gasteiger partial charge in [-0.05, 0) is 37.1 Å². The number of carbonyl (C=O) groups excluding carboxylic acids is 1. The summed E-state index contributed by atoms with van der Waals surface area (Å²) in [5, 5.41) is 7.45. The number of nitrogens with zero attached hydrogens (tertiary/aromatic N) is 3. The second kappa shape index (κ2) is 7.77. The smallest absolute Gasteiger partial charge is 0.243 e. The number of aryl methyl sites for hydroxylation is 1. The highest BCUT2D eigenvalue weighted by Gasteiger charge is 2.31. The molecule has 0 unspecified atom stereocenters. The topological polar surface area (TPSA) is 84.3 Å². The van der Waals surface area contributed by atoms with Crippen LogP contribution in [0.25, 0.3) is 0 Å². The largest absolute Gasteiger partial charge is 0.352 e. The lowest BCUT2D eigenvalue weighted by atomic mass is 9.97. The number of hydrogen-bond donors (Lipinski definition) is 1. The van der Waals surface area contributed by atoms with Crippen LogP contribution in [-0.2, 0) is 28.4 Å². The Morgan fingerprint density at radius 3 is 2.50 bits per heavy atom. The molecule has 140 valence electrons. The van der Waals surface area contributed by atoms with Crippen LogP contribution in [0.4, 0.5) is 0 Å². The minimum Gasteiger partial charge on any atom is -0.352 e. The third-order valence-corrected chi connectivity index (χ3v) is 6.67. The number of piperidine rings is 1. The summed E-state index contributed by atoms with van der Waals surface area (Å²) in [4.78, 5) is 12.5. The molecular formula is C17H21ClN4O3S. The van der Waals surface area contributed by atoms with Gasteiger partial charge in [-0.15, -0.1) is 0 Å². The van der Waals surface area contributed by atoms with E-state index in [1.54, 1.807) is 23.0 Å². The van der Waals surface area contributed by atoms with Crippen molar-refractivity contribution in [1.29, 1.82) is 0 Å². The summed E-state index contributed by atoms with van der Waals surface area (Å²) >= 11 is 5.82. The van der Waals surface area contributed by atoms with Gasteiger partial charge < -0.3 is 5.32 Å². The molecule has 0 spiro atoms. The minimum absolute atomic E-state index is 0.0441. The predicted octanol–water partition coefficient (Wildman–Crippen LogP) is 1.79. The fraction of sp³-hybridized carbons (Fsp3) is 0.412. The summed E-state index contributed by atoms with van der Waals surface area (Å²) in [7, 11) is -1.73. The molecule has 26 heavy (non-hydrogen) atoms. The van der Waals surface area contributed by atoms with Crippen LogP contribution >= 0.6 is 11.6 Å². The highest BCUT2D eigenvalue weighted by atomic mass is 35.5. The highest BCUT2D eigenvalue weighted by Crippen LogP contribution is 2.24. The van der Waals surface area contributed by atoms with Crippen molar-refractivity contribution in [1.82, 2.24) is 19.4 Å². The van der Waals surface area contributed by atoms with Crippen LogP contribution in [0.15, 0.2) is 41.6 Å². The number of benzene rings is 1. The number of aromatic nitrogens is 2. The lowest BCUT2D eigenvalue weighted by molar-refractivity contribution is -0.126. The molecule has 7 nitrogen and oxygen atoms in total. The van der Waals surface area contributed by atoms with Gasteiger partial charge in [0.2, 0.25) is 15.9 Å². The van der Waals surface area contributed by atoms with Crippen LogP contribution in [0.2, 0.25) is 5.02 Å². The normalized spacial score (nSPS) is 16.5. The van der Waals surface area contributed by atoms with Gasteiger partial charge in [-0.25, -0.2) is 8.42 Å². The molecule has 2 aromatic rings. The van der Waals surface area contributed by atoms with Crippen molar-refractivity contribution in [3.8, 4) is 0 Å². The van der Waals surface area contributed by atoms with Gasteiger partial charge in [0.05, 0.1) is 11.1 Å². The van der Waals surface area contributed by atoms with Gasteiger partial charge in [-0.2, -0.15) is 9.40 Å². The zero-order valence-electron chi connectivity index (χ0n) is 14.4. The molecule has 1 aromatic carbocycles. The monoisotopic (exact) mass is 396 g/mol. The summed E-state index contributed by atoms with van der Waals surface area (Å²) in [5.41, 5.74) is 0.934. The zero-order valence-corrected chi connectivity index (χ0v) is 16.0. The molecule has 0 saturated carbocycles. The van der Waals surface area contributed by atoms with E-state index in [0.717, 1.165) is 5.56 Å². The lowest BCUT2D eigenvalue weighted by Gasteiger charge is -2.30. The van der Waals surface area contributed by atoms with E-state index >= 15 is 0 Å². The van der Waals surface area contributed by atoms with Crippen molar-refractivity contribution >= 4 is 27.5 Å². The molecule has 1 N–H and O–H groups in total. The standard InChI is InChI=1S/C17H21ClN4O3S/c1-21-12-13(11-20-21)10-19-17(23)14-6-8-22(9-7-14)26(24,25)16-4-2-15(18)3-5-16/h2-5,11-12,14H,6-10H2,1H3,(H,19,23). The molecule has 0 bridgehead atoms. The second-order valence-electron chi connectivity index (χ2n) is 6.37. The first kappa shape index (κ1) is 18.9. The van der Waals surface area contributed by atoms with Gasteiger partial charge in [0.1, 0.15) is 0 Å². The van der Waals surface area contributed by atoms with Crippen molar-refractivity contribution in [3.63, 3.8) is 0 Å². The molecular weight excluding hydrogens is 376 g/mol. The summed E-state index contributed by atoms with van der Waals surface area (Å²) < 4.78 is 28.4. The maximum absolute atomic E-state index is 12.7. The van der Waals surface area contributed by atoms with Crippen LogP contribution in [0.1, 0.15) is 18.4 Å². The van der Waals surface area contributed by atoms with E-state index in [0.29, 0.717) is 37.5 Å². The Kier molecular flexibility index (Phi) is 5.64. The number of halogens is 1. The van der Waals surface area contributed by atoms with Gasteiger partial charge in [-0.1, -0.05) is 11.6 Å². The molecule has 1 aliphatic heterocycles. The highest BCUT2D eigenvalue weighted by molar-refractivity contribution is 7.89. The van der Waals surface area contributed by atoms with E-state index < -0.39 is 10.0 Å². The quantitative estimate of drug-likeness (QED) is 0.835. The Bertz CT molecular complexity index is 872. The maximum atomic E-state index is 12.7. The first-order chi connectivity index (χ1) is 12.4. The van der Waals surface area contributed by atoms with E-state index in [1.165, 1.54) is 16.4 Å². The minimum atomic E-state index is -3.55. The average Bonchev–Trinajstić information content (AvgIpc) is 3.05. The van der Waals surface area contributed by atoms with E-state index in [4.69, 9.17) is 11.6 Å². The van der Waals surface area contributed by atoms with Crippen LogP contribution < -0.4 is 5.32 Å². The van der Waals surface area contributed by atoms with Gasteiger partial charge in [-0.3, -0.25) is 9.48 Å². The SMILES string of the molecule is Cn1cc(CNC(=O)C2CCN(S(=O)(=O)c3ccc(Cl)cc3)CC2)cn1. The van der Waals surface area contributed by atoms with Crippen LogP contribution in [0, 0.1) is 5.92 Å². The Balaban J connectivity index is 1.54. The summed E-state index contributed by atoms with van der Waals surface area (Å²) in [5.74, 6) is -0.222. The third kappa shape index (κ3) is 4.25. The zero-order chi connectivity index (χ0) is 18.7. The number of hydrogen-bond acceptors (Lipinski definition) is 4. The predicted molar refractivity (Wildman–Crippen MR) is 98.0 cm³/mol. The van der Waals surface area contributed by atoms with E-state index in [-0.39, 0.29) is 16.7 Å². The molecule has 1 aliphatic rings. The van der Waals surface area contributed by atoms with Crippen molar-refractivity contribution in [2.45, 2.75) is 24.3 Å². The fourth-order valence-corrected chi connectivity index (χ4v) is 4.61. The van der Waals surface area contributed by atoms with Crippen LogP contribution in [-0.4, -0.2) is 41.5 Å². The summed E-state index contributed by atoms with van der Waals surface area (Å²) in [6, 6.07) is 6.13. The Labute approximate surface area is 158 Å². The second-order valence-corrected chi connectivity index (χ2v) is 8.75. The lowest BCUT2D eigenvalue weighted by Crippen LogP contribution is -2.42. The van der Waals surface area contributed by atoms with E-state index in [1.807, 2.05) is 13.2 Å². The Morgan fingerprint density at radius 2 is 1.92 bits per heavy atom. The van der Waals surface area contributed by atoms with Crippen LogP contribution in [0.5, 0.6) is 0 Å². The van der Waals surface area contributed by atoms with Crippen molar-refractivity contribution in [2.24, 2.45) is 13.0 Å². The molecule has 9 heteroatoms. The molecule has 1 aromatic heterocycles. The maximum Gasteiger partial charge on any atom is 0.243 e. The number of amides is 1. The van der Waals surface area contributed by atoms with Gasteiger partial charge in [0.25, 0.3) is 0 Å². The number of carbonyl (C=O) groups is 1. The molecule has 0 atom stereocenters. The van der Waals surface area contributed by atoms with Crippen molar-refractivity contribution in [3.05, 3.63) is 47.2 Å². The van der Waals surface area contributed by atoms with Crippen LogP contribution in [0.3, 0.4) is 0 Å². The fourth-order valence-electron chi connectivity index (χ4n) is 3.01. The van der Waals surface area contributed by atoms with E-state index in [2.05, 4.69) is 10.4 Å². The first-order valence-corrected chi connectivity index (χ1v) is 10.2. The number of nitrogens with one attached hydrogen (secondary N) is 1. The van der Waals surface area contributed by atoms with Gasteiger partial charge >= 0.3 is 0 Å². The molecule has 1 amide bonds. The average molecular weight is 397 g/mol. The molecule has 0 radical (unpaired) electrons. The number of sulfonamides is 1. The summed E-state index contributed by atoms with van der Waals surface area (Å²) in [6.45, 7) is 1.09.